The highest BCUT2D eigenvalue weighted by molar-refractivity contribution is 14.0. The Hall–Kier alpha value is -1.55. The summed E-state index contributed by atoms with van der Waals surface area (Å²) in [4.78, 5) is 20.4. The Morgan fingerprint density at radius 3 is 2.89 bits per heavy atom. The molecular weight excluding hydrogens is 469 g/mol. The molecule has 1 aromatic carbocycles. The van der Waals surface area contributed by atoms with Crippen molar-refractivity contribution < 1.29 is 9.53 Å². The summed E-state index contributed by atoms with van der Waals surface area (Å²) in [5.41, 5.74) is 6.15. The van der Waals surface area contributed by atoms with Crippen LogP contribution in [-0.4, -0.2) is 67.5 Å². The lowest BCUT2D eigenvalue weighted by Gasteiger charge is -2.29. The number of primary amides is 1. The van der Waals surface area contributed by atoms with Crippen LogP contribution in [0.15, 0.2) is 29.3 Å². The van der Waals surface area contributed by atoms with Crippen LogP contribution in [0, 0.1) is 0 Å². The van der Waals surface area contributed by atoms with E-state index in [2.05, 4.69) is 36.0 Å². The largest absolute Gasteiger partial charge is 0.484 e. The molecule has 0 bridgehead atoms. The maximum absolute atomic E-state index is 10.9. The lowest BCUT2D eigenvalue weighted by Crippen LogP contribution is -2.45. The van der Waals surface area contributed by atoms with Crippen LogP contribution < -0.4 is 15.8 Å². The van der Waals surface area contributed by atoms with Gasteiger partial charge in [0.1, 0.15) is 5.75 Å². The van der Waals surface area contributed by atoms with Gasteiger partial charge in [-0.2, -0.15) is 0 Å². The topological polar surface area (TPSA) is 83.2 Å². The van der Waals surface area contributed by atoms with E-state index in [9.17, 15) is 4.79 Å². The van der Waals surface area contributed by atoms with Crippen LogP contribution in [0.2, 0.25) is 0 Å². The molecule has 1 aliphatic rings. The van der Waals surface area contributed by atoms with Gasteiger partial charge in [-0.05, 0) is 50.6 Å². The molecule has 7 nitrogen and oxygen atoms in total. The number of hydrogen-bond acceptors (Lipinski definition) is 4. The van der Waals surface area contributed by atoms with Gasteiger partial charge in [-0.25, -0.2) is 4.99 Å². The van der Waals surface area contributed by atoms with E-state index in [-0.39, 0.29) is 30.6 Å². The van der Waals surface area contributed by atoms with E-state index in [0.29, 0.717) is 18.3 Å². The molecule has 1 amide bonds. The van der Waals surface area contributed by atoms with Crippen LogP contribution in [-0.2, 0) is 11.3 Å². The Morgan fingerprint density at radius 2 is 2.21 bits per heavy atom. The van der Waals surface area contributed by atoms with Gasteiger partial charge in [-0.3, -0.25) is 9.69 Å². The molecule has 0 radical (unpaired) electrons. The van der Waals surface area contributed by atoms with Crippen molar-refractivity contribution in [1.29, 1.82) is 0 Å². The van der Waals surface area contributed by atoms with Gasteiger partial charge < -0.3 is 20.7 Å². The van der Waals surface area contributed by atoms with E-state index < -0.39 is 5.91 Å². The summed E-state index contributed by atoms with van der Waals surface area (Å²) in [6.45, 7) is 8.83. The minimum Gasteiger partial charge on any atom is -0.484 e. The summed E-state index contributed by atoms with van der Waals surface area (Å²) in [6.07, 6.45) is 2.52. The fourth-order valence-corrected chi connectivity index (χ4v) is 3.44. The van der Waals surface area contributed by atoms with Gasteiger partial charge in [0.05, 0.1) is 6.54 Å². The predicted octanol–water partition coefficient (Wildman–Crippen LogP) is 2.05. The number of carbonyl (C=O) groups is 1. The van der Waals surface area contributed by atoms with Crippen LogP contribution in [0.5, 0.6) is 5.75 Å². The number of nitrogens with one attached hydrogen (secondary N) is 1. The maximum atomic E-state index is 10.9. The highest BCUT2D eigenvalue weighted by Gasteiger charge is 2.24. The summed E-state index contributed by atoms with van der Waals surface area (Å²) >= 11 is 0. The number of likely N-dealkylation sites (N-methyl/N-ethyl adjacent to an activating group) is 2. The molecule has 0 spiro atoms. The second-order valence-corrected chi connectivity index (χ2v) is 6.88. The smallest absolute Gasteiger partial charge is 0.255 e. The van der Waals surface area contributed by atoms with Crippen LogP contribution in [0.25, 0.3) is 0 Å². The molecule has 158 valence electrons. The summed E-state index contributed by atoms with van der Waals surface area (Å²) in [6, 6.07) is 8.20. The van der Waals surface area contributed by atoms with Crippen molar-refractivity contribution in [1.82, 2.24) is 15.1 Å². The molecule has 1 saturated heterocycles. The van der Waals surface area contributed by atoms with Crippen LogP contribution in [0.3, 0.4) is 0 Å². The second kappa shape index (κ2) is 12.8. The van der Waals surface area contributed by atoms with Crippen LogP contribution in [0.4, 0.5) is 0 Å². The zero-order valence-electron chi connectivity index (χ0n) is 17.2. The van der Waals surface area contributed by atoms with Crippen molar-refractivity contribution in [2.24, 2.45) is 10.7 Å². The summed E-state index contributed by atoms with van der Waals surface area (Å²) in [5.74, 6) is 1.05. The van der Waals surface area contributed by atoms with Gasteiger partial charge in [0.25, 0.3) is 5.91 Å². The number of guanidine groups is 1. The predicted molar refractivity (Wildman–Crippen MR) is 124 cm³/mol. The minimum absolute atomic E-state index is 0. The number of hydrogen-bond donors (Lipinski definition) is 2. The monoisotopic (exact) mass is 503 g/mol. The van der Waals surface area contributed by atoms with Gasteiger partial charge in [0, 0.05) is 26.2 Å². The Bertz CT molecular complexity index is 641. The normalized spacial score (nSPS) is 17.1. The molecule has 8 heteroatoms. The minimum atomic E-state index is -0.484. The number of carbonyl (C=O) groups excluding carboxylic acids is 1. The Kier molecular flexibility index (Phi) is 11.2. The van der Waals surface area contributed by atoms with Gasteiger partial charge in [-0.1, -0.05) is 19.1 Å². The number of ether oxygens (including phenoxy) is 1. The standard InChI is InChI=1S/C20H33N5O2.HI/c1-4-22-20(24(3)14-17-9-7-11-25(17)5-2)23-13-16-8-6-10-18(12-16)27-15-19(21)26;/h6,8,10,12,17H,4-5,7,9,11,13-15H2,1-3H3,(H2,21,26)(H,22,23);1H. The third-order valence-corrected chi connectivity index (χ3v) is 4.78. The Balaban J connectivity index is 0.00000392. The molecule has 2 rings (SSSR count). The summed E-state index contributed by atoms with van der Waals surface area (Å²) in [7, 11) is 2.10. The zero-order chi connectivity index (χ0) is 19.6. The van der Waals surface area contributed by atoms with Crippen molar-refractivity contribution in [3.05, 3.63) is 29.8 Å². The number of halogens is 1. The first-order valence-corrected chi connectivity index (χ1v) is 9.77. The SMILES string of the molecule is CCNC(=NCc1cccc(OCC(N)=O)c1)N(C)CC1CCCN1CC.I. The molecule has 0 aromatic heterocycles. The number of benzene rings is 1. The van der Waals surface area contributed by atoms with E-state index in [0.717, 1.165) is 31.2 Å². The second-order valence-electron chi connectivity index (χ2n) is 6.88. The van der Waals surface area contributed by atoms with Crippen molar-refractivity contribution >= 4 is 35.8 Å². The number of nitrogens with two attached hydrogens (primary N) is 1. The lowest BCUT2D eigenvalue weighted by molar-refractivity contribution is -0.119. The third kappa shape index (κ3) is 7.83. The molecule has 0 saturated carbocycles. The quantitative estimate of drug-likeness (QED) is 0.306. The lowest BCUT2D eigenvalue weighted by atomic mass is 10.2. The Labute approximate surface area is 185 Å². The average Bonchev–Trinajstić information content (AvgIpc) is 3.10. The highest BCUT2D eigenvalue weighted by atomic mass is 127. The first-order chi connectivity index (χ1) is 13.0. The zero-order valence-corrected chi connectivity index (χ0v) is 19.5. The first-order valence-electron chi connectivity index (χ1n) is 9.77. The molecule has 1 heterocycles. The number of amides is 1. The Morgan fingerprint density at radius 1 is 1.43 bits per heavy atom. The van der Waals surface area contributed by atoms with E-state index in [1.165, 1.54) is 19.4 Å². The van der Waals surface area contributed by atoms with Gasteiger partial charge in [-0.15, -0.1) is 24.0 Å². The summed E-state index contributed by atoms with van der Waals surface area (Å²) in [5, 5.41) is 3.38. The third-order valence-electron chi connectivity index (χ3n) is 4.78. The fraction of sp³-hybridized carbons (Fsp3) is 0.600. The molecule has 1 aromatic rings. The number of aliphatic imine (C=N–C) groups is 1. The van der Waals surface area contributed by atoms with E-state index >= 15 is 0 Å². The van der Waals surface area contributed by atoms with Crippen LogP contribution in [0.1, 0.15) is 32.3 Å². The number of nitrogens with zero attached hydrogens (tertiary/aromatic N) is 3. The number of rotatable bonds is 9. The molecule has 1 atom stereocenters. The molecular formula is C20H34IN5O2. The number of likely N-dealkylation sites (tertiary alicyclic amines) is 1. The van der Waals surface area contributed by atoms with Crippen molar-refractivity contribution in [2.45, 2.75) is 39.3 Å². The van der Waals surface area contributed by atoms with Gasteiger partial charge in [0.2, 0.25) is 0 Å². The van der Waals surface area contributed by atoms with Crippen molar-refractivity contribution in [2.75, 3.05) is 39.8 Å². The van der Waals surface area contributed by atoms with Crippen molar-refractivity contribution in [3.63, 3.8) is 0 Å². The first kappa shape index (κ1) is 24.5. The molecule has 1 fully saturated rings. The van der Waals surface area contributed by atoms with E-state index in [4.69, 9.17) is 15.5 Å². The maximum Gasteiger partial charge on any atom is 0.255 e. The summed E-state index contributed by atoms with van der Waals surface area (Å²) < 4.78 is 5.37. The van der Waals surface area contributed by atoms with E-state index in [1.807, 2.05) is 24.3 Å². The average molecular weight is 503 g/mol. The van der Waals surface area contributed by atoms with Crippen molar-refractivity contribution in [3.8, 4) is 5.75 Å². The highest BCUT2D eigenvalue weighted by Crippen LogP contribution is 2.18. The van der Waals surface area contributed by atoms with Crippen LogP contribution >= 0.6 is 24.0 Å². The molecule has 1 aliphatic heterocycles. The molecule has 3 N–H and O–H groups in total. The van der Waals surface area contributed by atoms with Gasteiger partial charge in [0.15, 0.2) is 12.6 Å². The van der Waals surface area contributed by atoms with Gasteiger partial charge >= 0.3 is 0 Å². The molecule has 1 unspecified atom stereocenters. The van der Waals surface area contributed by atoms with E-state index in [1.54, 1.807) is 0 Å². The fourth-order valence-electron chi connectivity index (χ4n) is 3.44. The molecule has 0 aliphatic carbocycles. The molecule has 28 heavy (non-hydrogen) atoms.